The van der Waals surface area contributed by atoms with E-state index in [-0.39, 0.29) is 12.4 Å². The number of piperazine rings is 1. The Hall–Kier alpha value is -2.67. The summed E-state index contributed by atoms with van der Waals surface area (Å²) >= 11 is 0. The lowest BCUT2D eigenvalue weighted by Gasteiger charge is -2.37. The Morgan fingerprint density at radius 3 is 2.71 bits per heavy atom. The van der Waals surface area contributed by atoms with E-state index in [2.05, 4.69) is 27.0 Å². The van der Waals surface area contributed by atoms with Crippen molar-refractivity contribution in [2.24, 2.45) is 4.99 Å². The molecule has 3 rings (SSSR count). The summed E-state index contributed by atoms with van der Waals surface area (Å²) in [4.78, 5) is 13.8. The number of aromatic nitrogens is 1. The van der Waals surface area contributed by atoms with E-state index < -0.39 is 0 Å². The van der Waals surface area contributed by atoms with Crippen LogP contribution in [-0.4, -0.2) is 55.7 Å². The fourth-order valence-corrected chi connectivity index (χ4v) is 3.27. The topological polar surface area (TPSA) is 53.0 Å². The SMILES string of the molecule is CCNC(=NCc1ccc(F)c(COC)c1)N1CCN(c2ccccn2)CC1. The fraction of sp³-hybridized carbons (Fsp3) is 0.429. The van der Waals surface area contributed by atoms with Gasteiger partial charge in [0.05, 0.1) is 13.2 Å². The summed E-state index contributed by atoms with van der Waals surface area (Å²) in [5.41, 5.74) is 1.53. The number of guanidine groups is 1. The zero-order valence-electron chi connectivity index (χ0n) is 16.6. The van der Waals surface area contributed by atoms with Gasteiger partial charge in [-0.05, 0) is 36.8 Å². The van der Waals surface area contributed by atoms with Crippen LogP contribution in [0.4, 0.5) is 10.2 Å². The monoisotopic (exact) mass is 385 g/mol. The molecule has 0 atom stereocenters. The lowest BCUT2D eigenvalue weighted by molar-refractivity contribution is 0.181. The standard InChI is InChI=1S/C21H28FN5O/c1-3-23-21(25-15-17-7-8-19(22)18(14-17)16-28-2)27-12-10-26(11-13-27)20-6-4-5-9-24-20/h4-9,14H,3,10-13,15-16H2,1-2H3,(H,23,25). The maximum absolute atomic E-state index is 13.8. The minimum Gasteiger partial charge on any atom is -0.380 e. The molecule has 2 aromatic rings. The van der Waals surface area contributed by atoms with Crippen molar-refractivity contribution in [3.63, 3.8) is 0 Å². The van der Waals surface area contributed by atoms with Crippen LogP contribution in [0.25, 0.3) is 0 Å². The van der Waals surface area contributed by atoms with E-state index in [1.54, 1.807) is 13.2 Å². The van der Waals surface area contributed by atoms with Gasteiger partial charge in [0.25, 0.3) is 0 Å². The van der Waals surface area contributed by atoms with Crippen molar-refractivity contribution in [2.75, 3.05) is 44.7 Å². The third-order valence-electron chi connectivity index (χ3n) is 4.71. The second kappa shape index (κ2) is 10.0. The quantitative estimate of drug-likeness (QED) is 0.612. The second-order valence-electron chi connectivity index (χ2n) is 6.69. The minimum atomic E-state index is -0.243. The number of halogens is 1. The van der Waals surface area contributed by atoms with Crippen molar-refractivity contribution in [3.8, 4) is 0 Å². The first-order chi connectivity index (χ1) is 13.7. The summed E-state index contributed by atoms with van der Waals surface area (Å²) in [5, 5.41) is 3.37. The van der Waals surface area contributed by atoms with Gasteiger partial charge in [0.1, 0.15) is 11.6 Å². The number of methoxy groups -OCH3 is 1. The van der Waals surface area contributed by atoms with Crippen molar-refractivity contribution in [2.45, 2.75) is 20.1 Å². The first-order valence-electron chi connectivity index (χ1n) is 9.66. The molecule has 6 nitrogen and oxygen atoms in total. The summed E-state index contributed by atoms with van der Waals surface area (Å²) in [6, 6.07) is 11.1. The summed E-state index contributed by atoms with van der Waals surface area (Å²) in [5.74, 6) is 1.66. The summed E-state index contributed by atoms with van der Waals surface area (Å²) in [7, 11) is 1.57. The van der Waals surface area contributed by atoms with Gasteiger partial charge in [0.2, 0.25) is 0 Å². The molecule has 1 saturated heterocycles. The van der Waals surface area contributed by atoms with E-state index in [4.69, 9.17) is 9.73 Å². The number of hydrogen-bond acceptors (Lipinski definition) is 4. The number of pyridine rings is 1. The minimum absolute atomic E-state index is 0.243. The Morgan fingerprint density at radius 2 is 2.04 bits per heavy atom. The normalized spacial score (nSPS) is 15.0. The molecule has 1 aliphatic rings. The van der Waals surface area contributed by atoms with E-state index in [1.807, 2.05) is 30.5 Å². The molecule has 1 aromatic heterocycles. The van der Waals surface area contributed by atoms with Crippen molar-refractivity contribution >= 4 is 11.8 Å². The molecule has 0 saturated carbocycles. The first kappa shape index (κ1) is 20.1. The molecule has 0 unspecified atom stereocenters. The van der Waals surface area contributed by atoms with Gasteiger partial charge in [0, 0.05) is 51.6 Å². The number of nitrogens with one attached hydrogen (secondary N) is 1. The zero-order valence-corrected chi connectivity index (χ0v) is 16.6. The molecular formula is C21H28FN5O. The third kappa shape index (κ3) is 5.19. The van der Waals surface area contributed by atoms with Crippen LogP contribution in [0, 0.1) is 5.82 Å². The van der Waals surface area contributed by atoms with Gasteiger partial charge < -0.3 is 19.9 Å². The molecule has 1 aromatic carbocycles. The molecule has 0 amide bonds. The highest BCUT2D eigenvalue weighted by atomic mass is 19.1. The Balaban J connectivity index is 1.64. The lowest BCUT2D eigenvalue weighted by atomic mass is 10.1. The lowest BCUT2D eigenvalue weighted by Crippen LogP contribution is -2.52. The Kier molecular flexibility index (Phi) is 7.19. The van der Waals surface area contributed by atoms with E-state index >= 15 is 0 Å². The van der Waals surface area contributed by atoms with Gasteiger partial charge in [-0.25, -0.2) is 14.4 Å². The van der Waals surface area contributed by atoms with Gasteiger partial charge >= 0.3 is 0 Å². The third-order valence-corrected chi connectivity index (χ3v) is 4.71. The molecule has 150 valence electrons. The molecular weight excluding hydrogens is 357 g/mol. The van der Waals surface area contributed by atoms with E-state index in [9.17, 15) is 4.39 Å². The summed E-state index contributed by atoms with van der Waals surface area (Å²) in [6.45, 7) is 7.18. The van der Waals surface area contributed by atoms with Crippen LogP contribution >= 0.6 is 0 Å². The van der Waals surface area contributed by atoms with Gasteiger partial charge in [-0.3, -0.25) is 0 Å². The Bertz CT molecular complexity index is 776. The van der Waals surface area contributed by atoms with Crippen molar-refractivity contribution < 1.29 is 9.13 Å². The van der Waals surface area contributed by atoms with Crippen molar-refractivity contribution in [1.29, 1.82) is 0 Å². The van der Waals surface area contributed by atoms with Crippen molar-refractivity contribution in [3.05, 3.63) is 59.5 Å². The largest absolute Gasteiger partial charge is 0.380 e. The van der Waals surface area contributed by atoms with Crippen LogP contribution in [0.1, 0.15) is 18.1 Å². The Labute approximate surface area is 166 Å². The second-order valence-corrected chi connectivity index (χ2v) is 6.69. The van der Waals surface area contributed by atoms with E-state index in [1.165, 1.54) is 6.07 Å². The Morgan fingerprint density at radius 1 is 1.21 bits per heavy atom. The van der Waals surface area contributed by atoms with Crippen LogP contribution < -0.4 is 10.2 Å². The molecule has 0 aliphatic carbocycles. The maximum atomic E-state index is 13.8. The smallest absolute Gasteiger partial charge is 0.194 e. The van der Waals surface area contributed by atoms with Crippen molar-refractivity contribution in [1.82, 2.24) is 15.2 Å². The summed E-state index contributed by atoms with van der Waals surface area (Å²) < 4.78 is 18.9. The molecule has 0 bridgehead atoms. The number of rotatable bonds is 6. The van der Waals surface area contributed by atoms with Gasteiger partial charge in [-0.1, -0.05) is 12.1 Å². The maximum Gasteiger partial charge on any atom is 0.194 e. The van der Waals surface area contributed by atoms with Crippen LogP contribution in [0.5, 0.6) is 0 Å². The predicted octanol–water partition coefficient (Wildman–Crippen LogP) is 2.65. The van der Waals surface area contributed by atoms with E-state index in [0.717, 1.165) is 50.1 Å². The first-order valence-corrected chi connectivity index (χ1v) is 9.66. The number of benzene rings is 1. The van der Waals surface area contributed by atoms with Crippen LogP contribution in [0.2, 0.25) is 0 Å². The van der Waals surface area contributed by atoms with Crippen LogP contribution in [0.15, 0.2) is 47.6 Å². The molecule has 28 heavy (non-hydrogen) atoms. The van der Waals surface area contributed by atoms with Gasteiger partial charge in [0.15, 0.2) is 5.96 Å². The molecule has 0 spiro atoms. The average Bonchev–Trinajstić information content (AvgIpc) is 2.74. The highest BCUT2D eigenvalue weighted by Crippen LogP contribution is 2.14. The average molecular weight is 385 g/mol. The number of hydrogen-bond donors (Lipinski definition) is 1. The highest BCUT2D eigenvalue weighted by Gasteiger charge is 2.20. The van der Waals surface area contributed by atoms with Crippen LogP contribution in [-0.2, 0) is 17.9 Å². The molecule has 0 radical (unpaired) electrons. The predicted molar refractivity (Wildman–Crippen MR) is 110 cm³/mol. The summed E-state index contributed by atoms with van der Waals surface area (Å²) in [6.07, 6.45) is 1.83. The zero-order chi connectivity index (χ0) is 19.8. The molecule has 7 heteroatoms. The number of nitrogens with zero attached hydrogens (tertiary/aromatic N) is 4. The van der Waals surface area contributed by atoms with Crippen LogP contribution in [0.3, 0.4) is 0 Å². The highest BCUT2D eigenvalue weighted by molar-refractivity contribution is 5.80. The molecule has 1 aliphatic heterocycles. The van der Waals surface area contributed by atoms with Gasteiger partial charge in [-0.2, -0.15) is 0 Å². The van der Waals surface area contributed by atoms with E-state index in [0.29, 0.717) is 12.1 Å². The molecule has 1 N–H and O–H groups in total. The number of aliphatic imine (C=N–C) groups is 1. The molecule has 2 heterocycles. The fourth-order valence-electron chi connectivity index (χ4n) is 3.27. The van der Waals surface area contributed by atoms with Gasteiger partial charge in [-0.15, -0.1) is 0 Å². The number of anilines is 1. The molecule has 1 fully saturated rings. The number of ether oxygens (including phenoxy) is 1.